The molecule has 0 amide bonds. The van der Waals surface area contributed by atoms with E-state index in [2.05, 4.69) is 124 Å². The number of aromatic nitrogens is 15. The van der Waals surface area contributed by atoms with Crippen LogP contribution in [0.25, 0.3) is 98.4 Å². The zero-order valence-electron chi connectivity index (χ0n) is 83.0. The number of thioether (sulfide) groups is 6. The number of hydrogen-bond acceptors (Lipinski definition) is 19. The average molecular weight is 2090 g/mol. The summed E-state index contributed by atoms with van der Waals surface area (Å²) < 4.78 is 68.6. The van der Waals surface area contributed by atoms with E-state index in [-0.39, 0.29) is 17.1 Å². The van der Waals surface area contributed by atoms with Gasteiger partial charge in [0.1, 0.15) is 46.0 Å². The molecular weight excluding hydrogens is 1980 g/mol. The topological polar surface area (TPSA) is 273 Å². The van der Waals surface area contributed by atoms with E-state index in [1.165, 1.54) is 36.4 Å². The first kappa shape index (κ1) is 99.6. The molecule has 34 heteroatoms. The van der Waals surface area contributed by atoms with E-state index in [1.807, 2.05) is 109 Å². The first-order chi connectivity index (χ1) is 70.7. The number of rotatable bonds is 7. The first-order valence-corrected chi connectivity index (χ1v) is 56.2. The highest BCUT2D eigenvalue weighted by atomic mass is 35.5. The Kier molecular flexibility index (Phi) is 29.0. The van der Waals surface area contributed by atoms with E-state index in [9.17, 15) is 29.7 Å². The third-order valence-corrected chi connectivity index (χ3v) is 34.5. The maximum absolute atomic E-state index is 16.1. The van der Waals surface area contributed by atoms with Crippen LogP contribution in [0.15, 0.2) is 178 Å². The number of fused-ring (bicyclic) bond motifs is 26. The molecule has 752 valence electrons. The quantitative estimate of drug-likeness (QED) is 0.115. The number of nitrogens with zero attached hydrogens (tertiary/aromatic N) is 15. The van der Waals surface area contributed by atoms with E-state index >= 15 is 8.78 Å². The molecule has 0 radical (unpaired) electrons. The van der Waals surface area contributed by atoms with E-state index in [4.69, 9.17) is 56.4 Å². The number of aryl methyl sites for hydroxylation is 11. The lowest BCUT2D eigenvalue weighted by atomic mass is 9.97. The van der Waals surface area contributed by atoms with Crippen molar-refractivity contribution in [3.8, 4) is 50.6 Å². The summed E-state index contributed by atoms with van der Waals surface area (Å²) in [5.41, 5.74) is 20.6. The molecule has 0 spiro atoms. The number of carbonyl (C=O) groups is 3. The molecule has 1 fully saturated rings. The lowest BCUT2D eigenvalue weighted by Gasteiger charge is -2.17. The molecule has 4 N–H and O–H groups in total. The number of hydrogen-bond donors (Lipinski definition) is 4. The molecule has 24 bridgehead atoms. The van der Waals surface area contributed by atoms with Crippen molar-refractivity contribution in [3.63, 3.8) is 0 Å². The molecule has 25 nitrogen and oxygen atoms in total. The van der Waals surface area contributed by atoms with Gasteiger partial charge in [-0.05, 0) is 195 Å². The van der Waals surface area contributed by atoms with E-state index in [1.54, 1.807) is 106 Å². The molecule has 23 rings (SSSR count). The minimum Gasteiger partial charge on any atom is -0.493 e. The van der Waals surface area contributed by atoms with Crippen molar-refractivity contribution in [1.82, 2.24) is 77.7 Å². The van der Waals surface area contributed by atoms with Crippen molar-refractivity contribution < 1.29 is 52.7 Å². The first-order valence-electron chi connectivity index (χ1n) is 49.4. The fourth-order valence-electron chi connectivity index (χ4n) is 21.4. The number of benzene rings is 9. The van der Waals surface area contributed by atoms with Crippen molar-refractivity contribution >= 4 is 165 Å². The molecule has 0 unspecified atom stereocenters. The van der Waals surface area contributed by atoms with Crippen LogP contribution in [0.5, 0.6) is 17.2 Å². The van der Waals surface area contributed by atoms with Crippen molar-refractivity contribution in [2.24, 2.45) is 54.1 Å². The van der Waals surface area contributed by atoms with Crippen molar-refractivity contribution in [2.45, 2.75) is 172 Å². The Morgan fingerprint density at radius 2 is 0.849 bits per heavy atom. The van der Waals surface area contributed by atoms with Crippen LogP contribution in [0, 0.1) is 37.3 Å². The molecule has 13 heterocycles. The number of halogens is 3. The number of ether oxygens (including phenoxy) is 3. The van der Waals surface area contributed by atoms with Gasteiger partial charge >= 0.3 is 17.9 Å². The van der Waals surface area contributed by atoms with Gasteiger partial charge in [-0.2, -0.15) is 30.6 Å². The van der Waals surface area contributed by atoms with Gasteiger partial charge in [0, 0.05) is 218 Å². The molecule has 1 saturated carbocycles. The Labute approximate surface area is 874 Å². The fraction of sp³-hybridized carbons (Fsp3) is 0.330. The van der Waals surface area contributed by atoms with Gasteiger partial charge in [-0.3, -0.25) is 28.1 Å². The van der Waals surface area contributed by atoms with Crippen LogP contribution in [0.1, 0.15) is 162 Å². The Morgan fingerprint density at radius 1 is 0.438 bits per heavy atom. The fourth-order valence-corrected chi connectivity index (χ4v) is 27.4. The van der Waals surface area contributed by atoms with Gasteiger partial charge in [-0.1, -0.05) is 104 Å². The van der Waals surface area contributed by atoms with Crippen LogP contribution in [-0.2, 0) is 140 Å². The monoisotopic (exact) mass is 2090 g/mol. The zero-order valence-corrected chi connectivity index (χ0v) is 88.7. The molecule has 0 saturated heterocycles. The third-order valence-electron chi connectivity index (χ3n) is 28.2. The smallest absolute Gasteiger partial charge is 0.352 e. The molecule has 5 aliphatic rings. The number of carboxylic acid groups (broad SMARTS) is 3. The Morgan fingerprint density at radius 3 is 1.30 bits per heavy atom. The highest BCUT2D eigenvalue weighted by molar-refractivity contribution is 7.99. The molecule has 4 aliphatic heterocycles. The SMILES string of the molecule is Cc1nn(C)c2c1-c1c(F)ccc3c(c(C(=O)O)n(C)c13)CCCOc1cc(cc3ccccc13)SCc1cc(nn1CC(C)C)CSC2.Cc1nn(C)c2c1-c1c(F)ccc3c(c(C(=O)O)n(C)c13)CCCOc1cc(cc3ccccc13)SCc1cc(nn1CC1CC1)CSC2.Cn1nc2cc1CSc1cc(c3ccccc3c1)OCCCc1c(C(=O)O)n(C)c3c(c(Cl)ccc13)-c1c(nn3c1CNCC3)CSC2. The predicted molar refractivity (Wildman–Crippen MR) is 584 cm³/mol. The van der Waals surface area contributed by atoms with Gasteiger partial charge in [-0.25, -0.2) is 23.2 Å². The molecule has 9 aromatic heterocycles. The summed E-state index contributed by atoms with van der Waals surface area (Å²) in [6.07, 6.45) is 5.82. The summed E-state index contributed by atoms with van der Waals surface area (Å²) in [7, 11) is 11.1. The molecule has 1 aliphatic carbocycles. The van der Waals surface area contributed by atoms with Gasteiger partial charge in [-0.15, -0.1) is 70.6 Å². The maximum Gasteiger partial charge on any atom is 0.352 e. The third kappa shape index (κ3) is 19.9. The summed E-state index contributed by atoms with van der Waals surface area (Å²) in [5, 5.41) is 73.7. The summed E-state index contributed by atoms with van der Waals surface area (Å²) in [5.74, 6) is 6.10. The van der Waals surface area contributed by atoms with Crippen molar-refractivity contribution in [2.75, 3.05) is 26.4 Å². The molecule has 9 aromatic carbocycles. The Bertz CT molecular complexity index is 7870. The summed E-state index contributed by atoms with van der Waals surface area (Å²) in [4.78, 5) is 41.6. The Balaban J connectivity index is 0.000000129. The predicted octanol–water partition coefficient (Wildman–Crippen LogP) is 24.7. The van der Waals surface area contributed by atoms with Crippen molar-refractivity contribution in [1.29, 1.82) is 0 Å². The highest BCUT2D eigenvalue weighted by Crippen LogP contribution is 2.49. The van der Waals surface area contributed by atoms with Gasteiger partial charge in [0.05, 0.1) is 99.2 Å². The zero-order chi connectivity index (χ0) is 101. The minimum atomic E-state index is -1.04. The lowest BCUT2D eigenvalue weighted by molar-refractivity contribution is 0.0675. The minimum absolute atomic E-state index is 0.165. The number of aromatic carboxylic acids is 3. The second-order valence-electron chi connectivity index (χ2n) is 38.6. The second kappa shape index (κ2) is 42.5. The molecular formula is C112H113ClF2N16O9S6. The van der Waals surface area contributed by atoms with E-state index < -0.39 is 29.5 Å². The maximum atomic E-state index is 16.1. The van der Waals surface area contributed by atoms with Gasteiger partial charge in [0.15, 0.2) is 0 Å². The largest absolute Gasteiger partial charge is 0.493 e. The molecule has 18 aromatic rings. The highest BCUT2D eigenvalue weighted by Gasteiger charge is 2.35. The van der Waals surface area contributed by atoms with Crippen molar-refractivity contribution in [3.05, 3.63) is 283 Å². The van der Waals surface area contributed by atoms with Gasteiger partial charge in [0.2, 0.25) is 0 Å². The van der Waals surface area contributed by atoms with Crippen LogP contribution in [0.2, 0.25) is 5.02 Å². The summed E-state index contributed by atoms with van der Waals surface area (Å²) in [6, 6.07) is 54.6. The van der Waals surface area contributed by atoms with E-state index in [0.29, 0.717) is 161 Å². The van der Waals surface area contributed by atoms with Crippen LogP contribution in [0.4, 0.5) is 8.78 Å². The number of carboxylic acids is 3. The van der Waals surface area contributed by atoms with E-state index in [0.717, 1.165) is 203 Å². The number of nitrogens with one attached hydrogen (secondary N) is 1. The molecule has 146 heavy (non-hydrogen) atoms. The lowest BCUT2D eigenvalue weighted by Crippen LogP contribution is -2.28. The van der Waals surface area contributed by atoms with Gasteiger partial charge < -0.3 is 48.5 Å². The Hall–Kier alpha value is -12.3. The summed E-state index contributed by atoms with van der Waals surface area (Å²) >= 11 is 17.6. The molecule has 0 atom stereocenters. The average Bonchev–Trinajstić information content (AvgIpc) is 1.58. The van der Waals surface area contributed by atoms with Crippen LogP contribution < -0.4 is 19.5 Å². The van der Waals surface area contributed by atoms with Crippen LogP contribution >= 0.6 is 82.2 Å². The summed E-state index contributed by atoms with van der Waals surface area (Å²) in [6.45, 7) is 13.5. The second-order valence-corrected chi connectivity index (χ2v) is 45.1. The standard InChI is InChI=1S/C38H38FN5O3S2.C38H40FN5O3S2.C36H35ClN6O3S2/c1-22-34-32(43(3)40-22)21-48-19-25-16-26(44(41-25)18-23-10-11-23)20-49-27-15-24-7-4-5-8-28(24)33(17-27)47-14-6-9-29-30-12-13-31(39)35(34)36(30)42(2)37(29)38(45)46;1-22(2)18-44-26-16-25(41-44)19-48-21-32-34(23(3)40-43(32)5)35-31(39)13-12-30-29(37(38(45)46)42(4)36(30)35)11-8-14-47-33-17-27(49-20-26)15-24-9-6-7-10-28(24)33;1-41-34-27-9-10-28(37)32(34)33-29(40-43-12-11-38-17-30(33)43)20-47-18-22-15-23(42(2)39-22)19-48-24-14-21-6-3-4-7-25(21)31(16-24)46-13-5-8-26(27)35(41)36(44)45/h4-5,7-8,12-13,15-17,23H,6,9-11,14,18-21H2,1-3H3,(H,45,46);6-7,9-10,12-13,15-17,22H,8,11,14,18-21H2,1-5H3,(H,45,46);3-4,6-7,9-10,14-16,38H,5,8,11-13,17-20H2,1-2H3,(H,44,45). The van der Waals surface area contributed by atoms with Gasteiger partial charge in [0.25, 0.3) is 0 Å². The van der Waals surface area contributed by atoms with Crippen LogP contribution in [-0.4, -0.2) is 132 Å². The van der Waals surface area contributed by atoms with Crippen LogP contribution in [0.3, 0.4) is 0 Å². The normalized spacial score (nSPS) is 15.2.